The minimum absolute atomic E-state index is 0.0450. The van der Waals surface area contributed by atoms with E-state index in [-0.39, 0.29) is 6.04 Å². The maximum absolute atomic E-state index is 10.7. The zero-order chi connectivity index (χ0) is 9.84. The third kappa shape index (κ3) is 2.48. The van der Waals surface area contributed by atoms with Crippen LogP contribution >= 0.6 is 0 Å². The molecule has 0 radical (unpaired) electrons. The first kappa shape index (κ1) is 9.59. The molecule has 0 amide bonds. The molecule has 0 spiro atoms. The number of aliphatic imine (C=N–C) groups is 1. The zero-order valence-electron chi connectivity index (χ0n) is 7.45. The van der Waals surface area contributed by atoms with E-state index in [9.17, 15) is 4.79 Å². The molecule has 1 aliphatic heterocycles. The van der Waals surface area contributed by atoms with Gasteiger partial charge in [0.15, 0.2) is 6.04 Å². The van der Waals surface area contributed by atoms with Crippen molar-refractivity contribution in [1.82, 2.24) is 5.32 Å². The molecular formula is C9H12N2O2. The van der Waals surface area contributed by atoms with Gasteiger partial charge in [0.2, 0.25) is 0 Å². The lowest BCUT2D eigenvalue weighted by atomic mass is 10.0. The third-order valence-corrected chi connectivity index (χ3v) is 1.92. The monoisotopic (exact) mass is 180 g/mol. The van der Waals surface area contributed by atoms with E-state index in [0.717, 1.165) is 0 Å². The van der Waals surface area contributed by atoms with Crippen LogP contribution in [0.1, 0.15) is 19.8 Å². The van der Waals surface area contributed by atoms with Crippen molar-refractivity contribution in [3.8, 4) is 12.3 Å². The molecule has 13 heavy (non-hydrogen) atoms. The molecule has 1 rings (SSSR count). The van der Waals surface area contributed by atoms with Crippen LogP contribution in [-0.2, 0) is 4.79 Å². The van der Waals surface area contributed by atoms with Gasteiger partial charge >= 0.3 is 5.97 Å². The summed E-state index contributed by atoms with van der Waals surface area (Å²) in [5, 5.41) is 11.8. The highest BCUT2D eigenvalue weighted by atomic mass is 16.4. The van der Waals surface area contributed by atoms with Crippen LogP contribution in [0.15, 0.2) is 4.99 Å². The highest BCUT2D eigenvalue weighted by Crippen LogP contribution is 2.11. The summed E-state index contributed by atoms with van der Waals surface area (Å²) in [4.78, 5) is 14.6. The molecule has 2 atom stereocenters. The number of hydrogen-bond acceptors (Lipinski definition) is 3. The SMILES string of the molecule is C#CCC1CC(C(=O)O)N=C(C)N1. The molecule has 0 aromatic heterocycles. The van der Waals surface area contributed by atoms with Gasteiger partial charge in [-0.2, -0.15) is 0 Å². The first-order chi connectivity index (χ1) is 6.13. The summed E-state index contributed by atoms with van der Waals surface area (Å²) in [6.07, 6.45) is 6.16. The van der Waals surface area contributed by atoms with Crippen molar-refractivity contribution in [2.45, 2.75) is 31.8 Å². The maximum Gasteiger partial charge on any atom is 0.328 e. The second kappa shape index (κ2) is 3.94. The van der Waals surface area contributed by atoms with Gasteiger partial charge in [-0.3, -0.25) is 4.99 Å². The standard InChI is InChI=1S/C9H12N2O2/c1-3-4-7-5-8(9(12)13)11-6(2)10-7/h1,7-8H,4-5H2,2H3,(H,10,11)(H,12,13). The van der Waals surface area contributed by atoms with Gasteiger partial charge in [-0.05, 0) is 6.92 Å². The van der Waals surface area contributed by atoms with Crippen molar-refractivity contribution in [3.05, 3.63) is 0 Å². The number of nitrogens with one attached hydrogen (secondary N) is 1. The summed E-state index contributed by atoms with van der Waals surface area (Å²) in [6, 6.07) is -0.594. The maximum atomic E-state index is 10.7. The highest BCUT2D eigenvalue weighted by molar-refractivity contribution is 5.85. The fourth-order valence-electron chi connectivity index (χ4n) is 1.38. The summed E-state index contributed by atoms with van der Waals surface area (Å²) in [5.74, 6) is 2.27. The Balaban J connectivity index is 2.66. The van der Waals surface area contributed by atoms with Crippen LogP contribution in [0.5, 0.6) is 0 Å². The van der Waals surface area contributed by atoms with Crippen molar-refractivity contribution in [2.75, 3.05) is 0 Å². The smallest absolute Gasteiger partial charge is 0.328 e. The summed E-state index contributed by atoms with van der Waals surface area (Å²) in [5.41, 5.74) is 0. The van der Waals surface area contributed by atoms with Crippen molar-refractivity contribution < 1.29 is 9.90 Å². The van der Waals surface area contributed by atoms with Crippen molar-refractivity contribution in [3.63, 3.8) is 0 Å². The van der Waals surface area contributed by atoms with Crippen LogP contribution in [0.4, 0.5) is 0 Å². The average molecular weight is 180 g/mol. The molecule has 2 N–H and O–H groups in total. The Morgan fingerprint density at radius 1 is 1.92 bits per heavy atom. The largest absolute Gasteiger partial charge is 0.480 e. The Bertz CT molecular complexity index is 278. The molecule has 0 saturated carbocycles. The molecule has 70 valence electrons. The molecule has 1 aliphatic rings. The number of hydrogen-bond donors (Lipinski definition) is 2. The second-order valence-electron chi connectivity index (χ2n) is 3.05. The Hall–Kier alpha value is -1.50. The van der Waals surface area contributed by atoms with Crippen molar-refractivity contribution >= 4 is 11.8 Å². The van der Waals surface area contributed by atoms with Crippen LogP contribution in [0.3, 0.4) is 0 Å². The molecule has 0 aromatic carbocycles. The third-order valence-electron chi connectivity index (χ3n) is 1.92. The molecule has 4 nitrogen and oxygen atoms in total. The molecule has 2 unspecified atom stereocenters. The van der Waals surface area contributed by atoms with Gasteiger partial charge in [0.1, 0.15) is 0 Å². The van der Waals surface area contributed by atoms with Gasteiger partial charge in [-0.25, -0.2) is 4.79 Å². The van der Waals surface area contributed by atoms with Crippen molar-refractivity contribution in [1.29, 1.82) is 0 Å². The van der Waals surface area contributed by atoms with E-state index >= 15 is 0 Å². The first-order valence-electron chi connectivity index (χ1n) is 4.10. The number of amidine groups is 1. The second-order valence-corrected chi connectivity index (χ2v) is 3.05. The fraction of sp³-hybridized carbons (Fsp3) is 0.556. The van der Waals surface area contributed by atoms with E-state index in [1.165, 1.54) is 0 Å². The number of nitrogens with zero attached hydrogens (tertiary/aromatic N) is 1. The number of rotatable bonds is 2. The van der Waals surface area contributed by atoms with E-state index in [2.05, 4.69) is 16.2 Å². The van der Waals surface area contributed by atoms with Crippen LogP contribution < -0.4 is 5.32 Å². The Labute approximate surface area is 77.1 Å². The first-order valence-corrected chi connectivity index (χ1v) is 4.10. The topological polar surface area (TPSA) is 61.7 Å². The zero-order valence-corrected chi connectivity index (χ0v) is 7.45. The lowest BCUT2D eigenvalue weighted by molar-refractivity contribution is -0.138. The van der Waals surface area contributed by atoms with Gasteiger partial charge in [0.05, 0.1) is 5.84 Å². The Morgan fingerprint density at radius 3 is 3.15 bits per heavy atom. The van der Waals surface area contributed by atoms with Gasteiger partial charge < -0.3 is 10.4 Å². The van der Waals surface area contributed by atoms with E-state index in [4.69, 9.17) is 11.5 Å². The Morgan fingerprint density at radius 2 is 2.62 bits per heavy atom. The van der Waals surface area contributed by atoms with Gasteiger partial charge in [0.25, 0.3) is 0 Å². The number of terminal acetylenes is 1. The molecule has 4 heteroatoms. The summed E-state index contributed by atoms with van der Waals surface area (Å²) in [6.45, 7) is 1.75. The lowest BCUT2D eigenvalue weighted by Gasteiger charge is -2.25. The molecule has 1 heterocycles. The number of carboxylic acids is 1. The van der Waals surface area contributed by atoms with Gasteiger partial charge in [-0.1, -0.05) is 0 Å². The predicted octanol–water partition coefficient (Wildman–Crippen LogP) is 0.243. The number of carboxylic acid groups (broad SMARTS) is 1. The molecule has 0 aliphatic carbocycles. The Kier molecular flexibility index (Phi) is 2.91. The highest BCUT2D eigenvalue weighted by Gasteiger charge is 2.25. The minimum Gasteiger partial charge on any atom is -0.480 e. The normalized spacial score (nSPS) is 26.9. The van der Waals surface area contributed by atoms with Gasteiger partial charge in [-0.15, -0.1) is 12.3 Å². The average Bonchev–Trinajstić information content (AvgIpc) is 2.03. The molecule has 0 bridgehead atoms. The summed E-state index contributed by atoms with van der Waals surface area (Å²) in [7, 11) is 0. The van der Waals surface area contributed by atoms with Crippen LogP contribution in [0.25, 0.3) is 0 Å². The van der Waals surface area contributed by atoms with Crippen LogP contribution in [-0.4, -0.2) is 29.0 Å². The summed E-state index contributed by atoms with van der Waals surface area (Å²) >= 11 is 0. The van der Waals surface area contributed by atoms with E-state index in [1.54, 1.807) is 6.92 Å². The number of carbonyl (C=O) groups is 1. The molecule has 0 aromatic rings. The molecule has 0 saturated heterocycles. The van der Waals surface area contributed by atoms with Gasteiger partial charge in [0, 0.05) is 18.9 Å². The number of aliphatic carboxylic acids is 1. The molecular weight excluding hydrogens is 168 g/mol. The molecule has 0 fully saturated rings. The summed E-state index contributed by atoms with van der Waals surface area (Å²) < 4.78 is 0. The lowest BCUT2D eigenvalue weighted by Crippen LogP contribution is -2.43. The quantitative estimate of drug-likeness (QED) is 0.598. The van der Waals surface area contributed by atoms with E-state index in [1.807, 2.05) is 0 Å². The predicted molar refractivity (Wildman–Crippen MR) is 49.5 cm³/mol. The van der Waals surface area contributed by atoms with Crippen molar-refractivity contribution in [2.24, 2.45) is 4.99 Å². The van der Waals surface area contributed by atoms with Crippen LogP contribution in [0.2, 0.25) is 0 Å². The van der Waals surface area contributed by atoms with Crippen LogP contribution in [0, 0.1) is 12.3 Å². The van der Waals surface area contributed by atoms with E-state index in [0.29, 0.717) is 18.7 Å². The minimum atomic E-state index is -0.886. The van der Waals surface area contributed by atoms with E-state index < -0.39 is 12.0 Å². The fourth-order valence-corrected chi connectivity index (χ4v) is 1.38.